The van der Waals surface area contributed by atoms with E-state index in [4.69, 9.17) is 9.84 Å². The Bertz CT molecular complexity index is 1190. The summed E-state index contributed by atoms with van der Waals surface area (Å²) in [6.45, 7) is 6.09. The summed E-state index contributed by atoms with van der Waals surface area (Å²) >= 11 is 0. The van der Waals surface area contributed by atoms with Crippen LogP contribution in [0.25, 0.3) is 0 Å². The number of phenolic OH excluding ortho intramolecular Hbond substituents is 1. The average molecular weight is 611 g/mol. The van der Waals surface area contributed by atoms with Crippen LogP contribution in [0.3, 0.4) is 0 Å². The van der Waals surface area contributed by atoms with E-state index < -0.39 is 23.6 Å². The Balaban J connectivity index is 0.000000572. The molecule has 1 saturated carbocycles. The molecule has 44 heavy (non-hydrogen) atoms. The summed E-state index contributed by atoms with van der Waals surface area (Å²) < 4.78 is 6.07. The number of hydrogen-bond acceptors (Lipinski definition) is 7. The number of likely N-dealkylation sites (N-methyl/N-ethyl adjacent to an activating group) is 1. The number of aryl methyl sites for hydroxylation is 2. The lowest BCUT2D eigenvalue weighted by atomic mass is 9.82. The number of aromatic hydroxyl groups is 1. The number of carbonyl (C=O) groups is 3. The molecule has 2 aliphatic rings. The van der Waals surface area contributed by atoms with Gasteiger partial charge in [0.05, 0.1) is 18.2 Å². The second-order valence-electron chi connectivity index (χ2n) is 12.3. The molecule has 10 heteroatoms. The molecule has 1 aliphatic carbocycles. The van der Waals surface area contributed by atoms with E-state index in [1.807, 2.05) is 43.3 Å². The molecular formula is C34H50N4O6. The molecular weight excluding hydrogens is 560 g/mol. The van der Waals surface area contributed by atoms with Crippen molar-refractivity contribution in [1.82, 2.24) is 20.9 Å². The number of amides is 3. The number of para-hydroxylation sites is 1. The lowest BCUT2D eigenvalue weighted by Gasteiger charge is -2.39. The Morgan fingerprint density at radius 1 is 0.909 bits per heavy atom. The summed E-state index contributed by atoms with van der Waals surface area (Å²) in [4.78, 5) is 40.5. The van der Waals surface area contributed by atoms with E-state index in [2.05, 4.69) is 16.0 Å². The van der Waals surface area contributed by atoms with Gasteiger partial charge in [0.15, 0.2) is 0 Å². The minimum absolute atomic E-state index is 0.142. The molecule has 0 aromatic heterocycles. The van der Waals surface area contributed by atoms with Gasteiger partial charge in [-0.15, -0.1) is 0 Å². The largest absolute Gasteiger partial charge is 0.508 e. The SMILES string of the molecule is CN1C(=O)C(C2CCCCC2)NCCOc2ccccc2CCCNC(=O)CNC(=O)C1C(C)(C)O.Cc1ccc(O)cc1. The lowest BCUT2D eigenvalue weighted by molar-refractivity contribution is -0.150. The molecule has 2 unspecified atom stereocenters. The first-order valence-corrected chi connectivity index (χ1v) is 15.7. The van der Waals surface area contributed by atoms with Gasteiger partial charge in [0.1, 0.15) is 24.1 Å². The highest BCUT2D eigenvalue weighted by Gasteiger charge is 2.42. The number of nitrogens with one attached hydrogen (secondary N) is 3. The molecule has 3 amide bonds. The van der Waals surface area contributed by atoms with E-state index in [9.17, 15) is 19.5 Å². The molecule has 2 atom stereocenters. The number of fused-ring (bicyclic) bond motifs is 1. The van der Waals surface area contributed by atoms with E-state index in [1.165, 1.54) is 24.3 Å². The van der Waals surface area contributed by atoms with Crippen molar-refractivity contribution in [2.24, 2.45) is 5.92 Å². The summed E-state index contributed by atoms with van der Waals surface area (Å²) in [6.07, 6.45) is 6.62. The van der Waals surface area contributed by atoms with Crippen molar-refractivity contribution in [3.63, 3.8) is 0 Å². The standard InChI is InChI=1S/C27H42N4O5.C7H8O/c1-27(2,35)24-25(33)30-18-22(32)28-15-9-13-19-10-7-8-14-21(19)36-17-16-29-23(26(34)31(24)3)20-11-5-4-6-12-20;1-6-2-4-7(8)5-3-6/h7-8,10,14,20,23-24,29,35H,4-6,9,11-13,15-18H2,1-3H3,(H,28,32)(H,30,33);2-5,8H,1H3. The van der Waals surface area contributed by atoms with Crippen LogP contribution in [0.1, 0.15) is 63.5 Å². The number of carbonyl (C=O) groups excluding carboxylic acids is 3. The smallest absolute Gasteiger partial charge is 0.246 e. The van der Waals surface area contributed by atoms with Gasteiger partial charge in [0.25, 0.3) is 0 Å². The first kappa shape index (κ1) is 34.9. The van der Waals surface area contributed by atoms with Crippen LogP contribution in [0.5, 0.6) is 11.5 Å². The van der Waals surface area contributed by atoms with Crippen LogP contribution in [0.15, 0.2) is 48.5 Å². The van der Waals surface area contributed by atoms with Gasteiger partial charge in [-0.05, 0) is 76.1 Å². The van der Waals surface area contributed by atoms with E-state index in [0.29, 0.717) is 25.4 Å². The summed E-state index contributed by atoms with van der Waals surface area (Å²) in [7, 11) is 1.55. The fourth-order valence-electron chi connectivity index (χ4n) is 5.84. The Labute approximate surface area is 261 Å². The van der Waals surface area contributed by atoms with Gasteiger partial charge < -0.3 is 35.8 Å². The molecule has 242 valence electrons. The van der Waals surface area contributed by atoms with Crippen molar-refractivity contribution < 1.29 is 29.3 Å². The van der Waals surface area contributed by atoms with E-state index in [1.54, 1.807) is 19.2 Å². The number of phenols is 1. The molecule has 0 radical (unpaired) electrons. The Hall–Kier alpha value is -3.63. The maximum absolute atomic E-state index is 13.8. The first-order chi connectivity index (χ1) is 21.0. The van der Waals surface area contributed by atoms with Gasteiger partial charge in [-0.3, -0.25) is 14.4 Å². The third-order valence-electron chi connectivity index (χ3n) is 8.14. The molecule has 1 aliphatic heterocycles. The van der Waals surface area contributed by atoms with Crippen LogP contribution in [0.4, 0.5) is 0 Å². The topological polar surface area (TPSA) is 140 Å². The van der Waals surface area contributed by atoms with Crippen LogP contribution in [-0.2, 0) is 20.8 Å². The minimum atomic E-state index is -1.50. The summed E-state index contributed by atoms with van der Waals surface area (Å²) in [6, 6.07) is 13.3. The Morgan fingerprint density at radius 3 is 2.25 bits per heavy atom. The van der Waals surface area contributed by atoms with Gasteiger partial charge in [-0.25, -0.2) is 0 Å². The van der Waals surface area contributed by atoms with Crippen molar-refractivity contribution in [1.29, 1.82) is 0 Å². The minimum Gasteiger partial charge on any atom is -0.508 e. The van der Waals surface area contributed by atoms with Gasteiger partial charge in [-0.2, -0.15) is 0 Å². The van der Waals surface area contributed by atoms with Crippen LogP contribution in [0.2, 0.25) is 0 Å². The molecule has 0 saturated heterocycles. The maximum Gasteiger partial charge on any atom is 0.246 e. The summed E-state index contributed by atoms with van der Waals surface area (Å²) in [5, 5.41) is 28.4. The molecule has 4 rings (SSSR count). The second-order valence-corrected chi connectivity index (χ2v) is 12.3. The van der Waals surface area contributed by atoms with Crippen molar-refractivity contribution in [3.8, 4) is 11.5 Å². The molecule has 0 bridgehead atoms. The van der Waals surface area contributed by atoms with Gasteiger partial charge in [0, 0.05) is 20.1 Å². The highest BCUT2D eigenvalue weighted by molar-refractivity contribution is 5.92. The van der Waals surface area contributed by atoms with Crippen molar-refractivity contribution in [2.45, 2.75) is 83.4 Å². The number of aliphatic hydroxyl groups is 1. The van der Waals surface area contributed by atoms with E-state index >= 15 is 0 Å². The second kappa shape index (κ2) is 17.0. The number of hydrogen-bond donors (Lipinski definition) is 5. The summed E-state index contributed by atoms with van der Waals surface area (Å²) in [5.74, 6) is 0.154. The van der Waals surface area contributed by atoms with Crippen LogP contribution < -0.4 is 20.7 Å². The molecule has 2 aromatic carbocycles. The van der Waals surface area contributed by atoms with Crippen molar-refractivity contribution >= 4 is 17.7 Å². The van der Waals surface area contributed by atoms with E-state index in [-0.39, 0.29) is 24.3 Å². The zero-order valence-corrected chi connectivity index (χ0v) is 26.6. The molecule has 1 fully saturated rings. The maximum atomic E-state index is 13.8. The fourth-order valence-corrected chi connectivity index (χ4v) is 5.84. The normalized spacial score (nSPS) is 21.8. The van der Waals surface area contributed by atoms with Crippen molar-refractivity contribution in [3.05, 3.63) is 59.7 Å². The van der Waals surface area contributed by atoms with Gasteiger partial charge in [0.2, 0.25) is 17.7 Å². The third-order valence-corrected chi connectivity index (χ3v) is 8.14. The lowest BCUT2D eigenvalue weighted by Crippen LogP contribution is -2.62. The van der Waals surface area contributed by atoms with Crippen molar-refractivity contribution in [2.75, 3.05) is 33.3 Å². The number of rotatable bonds is 2. The third kappa shape index (κ3) is 10.8. The predicted octanol–water partition coefficient (Wildman–Crippen LogP) is 3.08. The predicted molar refractivity (Wildman–Crippen MR) is 170 cm³/mol. The zero-order valence-electron chi connectivity index (χ0n) is 26.6. The number of ether oxygens (including phenoxy) is 1. The first-order valence-electron chi connectivity index (χ1n) is 15.7. The molecule has 1 heterocycles. The van der Waals surface area contributed by atoms with Gasteiger partial charge in [-0.1, -0.05) is 55.2 Å². The summed E-state index contributed by atoms with van der Waals surface area (Å²) in [5.41, 5.74) is 0.729. The monoisotopic (exact) mass is 610 g/mol. The highest BCUT2D eigenvalue weighted by atomic mass is 16.5. The Kier molecular flexibility index (Phi) is 13.5. The number of nitrogens with zero attached hydrogens (tertiary/aromatic N) is 1. The quantitative estimate of drug-likeness (QED) is 0.352. The zero-order chi connectivity index (χ0) is 32.1. The highest BCUT2D eigenvalue weighted by Crippen LogP contribution is 2.28. The molecule has 0 spiro atoms. The molecule has 2 aromatic rings. The van der Waals surface area contributed by atoms with Gasteiger partial charge >= 0.3 is 0 Å². The Morgan fingerprint density at radius 2 is 1.59 bits per heavy atom. The molecule has 10 nitrogen and oxygen atoms in total. The average Bonchev–Trinajstić information content (AvgIpc) is 2.99. The van der Waals surface area contributed by atoms with Crippen LogP contribution >= 0.6 is 0 Å². The number of benzene rings is 2. The van der Waals surface area contributed by atoms with Crippen LogP contribution in [0, 0.1) is 12.8 Å². The fraction of sp³-hybridized carbons (Fsp3) is 0.559. The molecule has 5 N–H and O–H groups in total. The van der Waals surface area contributed by atoms with E-state index in [0.717, 1.165) is 56.3 Å². The van der Waals surface area contributed by atoms with Crippen LogP contribution in [-0.4, -0.2) is 83.8 Å².